The van der Waals surface area contributed by atoms with E-state index in [0.29, 0.717) is 25.4 Å². The van der Waals surface area contributed by atoms with E-state index in [1.165, 1.54) is 25.5 Å². The van der Waals surface area contributed by atoms with Crippen LogP contribution in [0.15, 0.2) is 30.3 Å². The van der Waals surface area contributed by atoms with Crippen molar-refractivity contribution < 1.29 is 28.6 Å². The molecule has 37 heavy (non-hydrogen) atoms. The summed E-state index contributed by atoms with van der Waals surface area (Å²) >= 11 is 0. The van der Waals surface area contributed by atoms with Crippen LogP contribution in [0.4, 0.5) is 16.2 Å². The van der Waals surface area contributed by atoms with E-state index in [2.05, 4.69) is 28.1 Å². The normalized spacial score (nSPS) is 13.4. The first-order chi connectivity index (χ1) is 17.7. The van der Waals surface area contributed by atoms with Crippen molar-refractivity contribution in [1.29, 1.82) is 0 Å². The summed E-state index contributed by atoms with van der Waals surface area (Å²) < 4.78 is 15.4. The van der Waals surface area contributed by atoms with Gasteiger partial charge in [-0.2, -0.15) is 0 Å². The van der Waals surface area contributed by atoms with Gasteiger partial charge in [0.15, 0.2) is 0 Å². The molecule has 0 aromatic heterocycles. The van der Waals surface area contributed by atoms with Crippen molar-refractivity contribution in [3.05, 3.63) is 52.6 Å². The van der Waals surface area contributed by atoms with E-state index in [9.17, 15) is 14.4 Å². The van der Waals surface area contributed by atoms with Crippen molar-refractivity contribution in [1.82, 2.24) is 5.32 Å². The lowest BCUT2D eigenvalue weighted by molar-refractivity contribution is -0.142. The van der Waals surface area contributed by atoms with Crippen LogP contribution in [0.2, 0.25) is 0 Å². The first-order valence-electron chi connectivity index (χ1n) is 12.6. The summed E-state index contributed by atoms with van der Waals surface area (Å²) in [5, 5.41) is 8.37. The maximum absolute atomic E-state index is 13.1. The Balaban J connectivity index is 1.80. The predicted molar refractivity (Wildman–Crippen MR) is 142 cm³/mol. The Bertz CT molecular complexity index is 1110. The molecule has 0 radical (unpaired) electrons. The maximum Gasteiger partial charge on any atom is 0.328 e. The Morgan fingerprint density at radius 3 is 2.30 bits per heavy atom. The Kier molecular flexibility index (Phi) is 9.91. The lowest BCUT2D eigenvalue weighted by Crippen LogP contribution is -2.41. The predicted octanol–water partition coefficient (Wildman–Crippen LogP) is 4.61. The Labute approximate surface area is 218 Å². The molecule has 9 heteroatoms. The van der Waals surface area contributed by atoms with Gasteiger partial charge in [-0.05, 0) is 74.3 Å². The van der Waals surface area contributed by atoms with Crippen LogP contribution in [0.5, 0.6) is 5.75 Å². The number of benzene rings is 2. The van der Waals surface area contributed by atoms with E-state index in [0.717, 1.165) is 29.2 Å². The summed E-state index contributed by atoms with van der Waals surface area (Å²) in [5.74, 6) is 0.169. The van der Waals surface area contributed by atoms with Gasteiger partial charge in [-0.15, -0.1) is 0 Å². The van der Waals surface area contributed by atoms with E-state index in [4.69, 9.17) is 14.2 Å². The van der Waals surface area contributed by atoms with Gasteiger partial charge in [-0.25, -0.2) is 9.59 Å². The molecule has 2 aromatic carbocycles. The molecule has 0 spiro atoms. The molecule has 0 saturated heterocycles. The molecule has 200 valence electrons. The first-order valence-corrected chi connectivity index (χ1v) is 12.6. The Morgan fingerprint density at radius 1 is 1.00 bits per heavy atom. The highest BCUT2D eigenvalue weighted by Gasteiger charge is 2.24. The van der Waals surface area contributed by atoms with E-state index in [1.807, 2.05) is 13.8 Å². The van der Waals surface area contributed by atoms with Crippen molar-refractivity contribution in [2.45, 2.75) is 52.5 Å². The van der Waals surface area contributed by atoms with Gasteiger partial charge < -0.3 is 30.2 Å². The minimum Gasteiger partial charge on any atom is -0.491 e. The maximum atomic E-state index is 13.1. The number of amides is 3. The van der Waals surface area contributed by atoms with Crippen LogP contribution in [0, 0.1) is 19.8 Å². The molecule has 2 aromatic rings. The number of nitrogens with one attached hydrogen (secondary N) is 3. The van der Waals surface area contributed by atoms with E-state index in [-0.39, 0.29) is 11.3 Å². The van der Waals surface area contributed by atoms with Crippen LogP contribution in [0.25, 0.3) is 0 Å². The highest BCUT2D eigenvalue weighted by atomic mass is 16.5. The van der Waals surface area contributed by atoms with Crippen molar-refractivity contribution in [3.63, 3.8) is 0 Å². The highest BCUT2D eigenvalue weighted by Crippen LogP contribution is 2.34. The van der Waals surface area contributed by atoms with Gasteiger partial charge in [0.1, 0.15) is 18.4 Å². The first kappa shape index (κ1) is 28.0. The van der Waals surface area contributed by atoms with Crippen LogP contribution >= 0.6 is 0 Å². The molecule has 3 amide bonds. The number of aryl methyl sites for hydroxylation is 2. The number of urea groups is 1. The molecule has 3 N–H and O–H groups in total. The Morgan fingerprint density at radius 2 is 1.70 bits per heavy atom. The molecule has 0 bridgehead atoms. The summed E-state index contributed by atoms with van der Waals surface area (Å²) in [6.45, 7) is 6.40. The SMILES string of the molecule is CC[C@H](NC(=O)c1ccc(OCCOC)cc1NC(=O)Nc1c(C)cc(CC2CC2)cc1C)C(=O)OC. The van der Waals surface area contributed by atoms with E-state index < -0.39 is 23.9 Å². The lowest BCUT2D eigenvalue weighted by atomic mass is 10.0. The summed E-state index contributed by atoms with van der Waals surface area (Å²) in [5.41, 5.74) is 4.38. The fraction of sp³-hybridized carbons (Fsp3) is 0.464. The zero-order valence-corrected chi connectivity index (χ0v) is 22.2. The van der Waals surface area contributed by atoms with E-state index >= 15 is 0 Å². The number of carbonyl (C=O) groups excluding carboxylic acids is 3. The largest absolute Gasteiger partial charge is 0.491 e. The third-order valence-electron chi connectivity index (χ3n) is 6.29. The molecule has 0 heterocycles. The van der Waals surface area contributed by atoms with Crippen LogP contribution in [0.1, 0.15) is 53.2 Å². The number of methoxy groups -OCH3 is 2. The molecule has 9 nitrogen and oxygen atoms in total. The molecule has 0 unspecified atom stereocenters. The zero-order chi connectivity index (χ0) is 26.9. The molecular weight excluding hydrogens is 474 g/mol. The average Bonchev–Trinajstić information content (AvgIpc) is 3.68. The summed E-state index contributed by atoms with van der Waals surface area (Å²) in [6.07, 6.45) is 3.98. The molecule has 1 saturated carbocycles. The monoisotopic (exact) mass is 511 g/mol. The molecule has 1 aliphatic carbocycles. The fourth-order valence-corrected chi connectivity index (χ4v) is 4.15. The summed E-state index contributed by atoms with van der Waals surface area (Å²) in [4.78, 5) is 38.1. The van der Waals surface area contributed by atoms with Gasteiger partial charge in [0.25, 0.3) is 5.91 Å². The lowest BCUT2D eigenvalue weighted by Gasteiger charge is -2.18. The number of hydrogen-bond acceptors (Lipinski definition) is 6. The van der Waals surface area contributed by atoms with Crippen molar-refractivity contribution in [2.24, 2.45) is 5.92 Å². The molecule has 1 aliphatic rings. The number of esters is 1. The third-order valence-corrected chi connectivity index (χ3v) is 6.29. The van der Waals surface area contributed by atoms with Crippen LogP contribution in [-0.4, -0.2) is 51.4 Å². The standard InChI is InChI=1S/C28H37N3O6/c1-6-23(27(33)36-5)29-26(32)22-10-9-21(37-12-11-35-4)16-24(22)30-28(34)31-25-17(2)13-20(14-18(25)3)15-19-7-8-19/h9-10,13-14,16,19,23H,6-8,11-12,15H2,1-5H3,(H,29,32)(H2,30,31,34)/t23-/m0/s1. The second kappa shape index (κ2) is 13.1. The molecule has 3 rings (SSSR count). The van der Waals surface area contributed by atoms with Crippen molar-refractivity contribution >= 4 is 29.3 Å². The van der Waals surface area contributed by atoms with Crippen LogP contribution in [0.3, 0.4) is 0 Å². The highest BCUT2D eigenvalue weighted by molar-refractivity contribution is 6.07. The van der Waals surface area contributed by atoms with Gasteiger partial charge in [-0.1, -0.05) is 19.1 Å². The second-order valence-electron chi connectivity index (χ2n) is 9.34. The molecule has 1 fully saturated rings. The van der Waals surface area contributed by atoms with Gasteiger partial charge in [0, 0.05) is 18.9 Å². The topological polar surface area (TPSA) is 115 Å². The van der Waals surface area contributed by atoms with Crippen LogP contribution in [-0.2, 0) is 20.7 Å². The Hall–Kier alpha value is -3.59. The minimum atomic E-state index is -0.809. The average molecular weight is 512 g/mol. The van der Waals surface area contributed by atoms with Gasteiger partial charge >= 0.3 is 12.0 Å². The van der Waals surface area contributed by atoms with Crippen molar-refractivity contribution in [2.75, 3.05) is 38.1 Å². The number of anilines is 2. The van der Waals surface area contributed by atoms with Crippen molar-refractivity contribution in [3.8, 4) is 5.75 Å². The van der Waals surface area contributed by atoms with Gasteiger partial charge in [0.2, 0.25) is 0 Å². The zero-order valence-electron chi connectivity index (χ0n) is 22.2. The quantitative estimate of drug-likeness (QED) is 0.283. The third kappa shape index (κ3) is 7.95. The van der Waals surface area contributed by atoms with Gasteiger partial charge in [-0.3, -0.25) is 4.79 Å². The fourth-order valence-electron chi connectivity index (χ4n) is 4.15. The number of carbonyl (C=O) groups is 3. The summed E-state index contributed by atoms with van der Waals surface area (Å²) in [6, 6.07) is 7.66. The number of ether oxygens (including phenoxy) is 3. The molecular formula is C28H37N3O6. The summed E-state index contributed by atoms with van der Waals surface area (Å²) in [7, 11) is 2.84. The number of hydrogen-bond donors (Lipinski definition) is 3. The minimum absolute atomic E-state index is 0.185. The smallest absolute Gasteiger partial charge is 0.328 e. The molecule has 1 atom stereocenters. The molecule has 0 aliphatic heterocycles. The van der Waals surface area contributed by atoms with Crippen LogP contribution < -0.4 is 20.7 Å². The number of rotatable bonds is 12. The second-order valence-corrected chi connectivity index (χ2v) is 9.34. The van der Waals surface area contributed by atoms with E-state index in [1.54, 1.807) is 32.2 Å². The van der Waals surface area contributed by atoms with Gasteiger partial charge in [0.05, 0.1) is 25.0 Å².